The monoisotopic (exact) mass is 379 g/mol. The van der Waals surface area contributed by atoms with Gasteiger partial charge >= 0.3 is 0 Å². The van der Waals surface area contributed by atoms with E-state index in [0.29, 0.717) is 0 Å². The molecular formula is C23H26ClN3. The van der Waals surface area contributed by atoms with E-state index in [2.05, 4.69) is 76.7 Å². The van der Waals surface area contributed by atoms with E-state index >= 15 is 0 Å². The van der Waals surface area contributed by atoms with Gasteiger partial charge in [0.05, 0.1) is 0 Å². The smallest absolute Gasteiger partial charge is 0.0456 e. The van der Waals surface area contributed by atoms with Crippen LogP contribution in [-0.4, -0.2) is 35.6 Å². The molecule has 4 rings (SSSR count). The van der Waals surface area contributed by atoms with E-state index in [9.17, 15) is 0 Å². The highest BCUT2D eigenvalue weighted by molar-refractivity contribution is 6.30. The molecule has 1 saturated heterocycles. The van der Waals surface area contributed by atoms with Crippen LogP contribution in [-0.2, 0) is 6.54 Å². The predicted octanol–water partition coefficient (Wildman–Crippen LogP) is 5.07. The number of para-hydroxylation sites is 1. The van der Waals surface area contributed by atoms with Gasteiger partial charge in [-0.3, -0.25) is 4.90 Å². The summed E-state index contributed by atoms with van der Waals surface area (Å²) in [5, 5.41) is 0.776. The number of rotatable bonds is 4. The fourth-order valence-electron chi connectivity index (χ4n) is 4.02. The highest BCUT2D eigenvalue weighted by Gasteiger charge is 2.19. The van der Waals surface area contributed by atoms with Gasteiger partial charge in [-0.1, -0.05) is 29.8 Å². The van der Waals surface area contributed by atoms with Gasteiger partial charge in [0.15, 0.2) is 0 Å². The van der Waals surface area contributed by atoms with Crippen molar-refractivity contribution in [1.82, 2.24) is 9.47 Å². The Bertz CT molecular complexity index is 891. The molecule has 4 heteroatoms. The molecule has 0 N–H and O–H groups in total. The molecule has 2 heterocycles. The Labute approximate surface area is 166 Å². The van der Waals surface area contributed by atoms with Gasteiger partial charge in [-0.2, -0.15) is 0 Å². The van der Waals surface area contributed by atoms with Crippen molar-refractivity contribution in [2.24, 2.45) is 0 Å². The number of piperazine rings is 1. The van der Waals surface area contributed by atoms with Crippen LogP contribution in [0, 0.1) is 13.8 Å². The largest absolute Gasteiger partial charge is 0.369 e. The lowest BCUT2D eigenvalue weighted by Crippen LogP contribution is -2.46. The first-order valence-corrected chi connectivity index (χ1v) is 9.96. The molecule has 0 amide bonds. The Morgan fingerprint density at radius 1 is 0.815 bits per heavy atom. The number of halogens is 1. The molecule has 0 atom stereocenters. The molecular weight excluding hydrogens is 354 g/mol. The number of aryl methyl sites for hydroxylation is 1. The number of nitrogens with zero attached hydrogens (tertiary/aromatic N) is 3. The molecule has 0 saturated carbocycles. The second-order valence-electron chi connectivity index (χ2n) is 7.31. The minimum absolute atomic E-state index is 0.776. The van der Waals surface area contributed by atoms with E-state index in [1.165, 1.54) is 28.3 Å². The van der Waals surface area contributed by atoms with Gasteiger partial charge in [0.1, 0.15) is 0 Å². The van der Waals surface area contributed by atoms with E-state index in [0.717, 1.165) is 37.7 Å². The zero-order chi connectivity index (χ0) is 18.8. The Balaban J connectivity index is 1.45. The lowest BCUT2D eigenvalue weighted by Gasteiger charge is -2.36. The third kappa shape index (κ3) is 3.90. The van der Waals surface area contributed by atoms with Crippen molar-refractivity contribution in [3.8, 4) is 5.69 Å². The standard InChI is InChI=1S/C23H26ClN3/c1-18-16-20(19(2)27(18)23-10-8-21(24)9-11-23)17-25-12-14-26(15-13-25)22-6-4-3-5-7-22/h3-11,16H,12-15,17H2,1-2H3. The zero-order valence-electron chi connectivity index (χ0n) is 16.0. The number of aromatic nitrogens is 1. The van der Waals surface area contributed by atoms with Crippen molar-refractivity contribution in [1.29, 1.82) is 0 Å². The molecule has 3 nitrogen and oxygen atoms in total. The molecule has 1 fully saturated rings. The summed E-state index contributed by atoms with van der Waals surface area (Å²) in [5.74, 6) is 0. The second-order valence-corrected chi connectivity index (χ2v) is 7.74. The van der Waals surface area contributed by atoms with Gasteiger partial charge < -0.3 is 9.47 Å². The topological polar surface area (TPSA) is 11.4 Å². The summed E-state index contributed by atoms with van der Waals surface area (Å²) in [6.45, 7) is 9.77. The van der Waals surface area contributed by atoms with Crippen molar-refractivity contribution in [3.05, 3.63) is 82.6 Å². The van der Waals surface area contributed by atoms with E-state index in [-0.39, 0.29) is 0 Å². The van der Waals surface area contributed by atoms with E-state index < -0.39 is 0 Å². The Morgan fingerprint density at radius 2 is 1.48 bits per heavy atom. The molecule has 0 unspecified atom stereocenters. The van der Waals surface area contributed by atoms with Gasteiger partial charge in [-0.15, -0.1) is 0 Å². The van der Waals surface area contributed by atoms with E-state index in [4.69, 9.17) is 11.6 Å². The van der Waals surface area contributed by atoms with Crippen LogP contribution in [0.4, 0.5) is 5.69 Å². The van der Waals surface area contributed by atoms with Gasteiger partial charge in [0.2, 0.25) is 0 Å². The molecule has 27 heavy (non-hydrogen) atoms. The highest BCUT2D eigenvalue weighted by Crippen LogP contribution is 2.24. The van der Waals surface area contributed by atoms with Crippen LogP contribution in [0.5, 0.6) is 0 Å². The number of anilines is 1. The lowest BCUT2D eigenvalue weighted by atomic mass is 10.2. The molecule has 0 radical (unpaired) electrons. The number of hydrogen-bond acceptors (Lipinski definition) is 2. The summed E-state index contributed by atoms with van der Waals surface area (Å²) in [6.07, 6.45) is 0. The molecule has 1 aliphatic rings. The zero-order valence-corrected chi connectivity index (χ0v) is 16.8. The summed E-state index contributed by atoms with van der Waals surface area (Å²) in [5.41, 5.74) is 6.51. The summed E-state index contributed by atoms with van der Waals surface area (Å²) in [6, 6.07) is 21.1. The van der Waals surface area contributed by atoms with Crippen LogP contribution in [0.25, 0.3) is 5.69 Å². The molecule has 140 valence electrons. The number of benzene rings is 2. The SMILES string of the molecule is Cc1cc(CN2CCN(c3ccccc3)CC2)c(C)n1-c1ccc(Cl)cc1. The average molecular weight is 380 g/mol. The Hall–Kier alpha value is -2.23. The molecule has 1 aromatic heterocycles. The van der Waals surface area contributed by atoms with Crippen molar-refractivity contribution in [3.63, 3.8) is 0 Å². The van der Waals surface area contributed by atoms with Crippen molar-refractivity contribution >= 4 is 17.3 Å². The van der Waals surface area contributed by atoms with Crippen molar-refractivity contribution in [2.75, 3.05) is 31.1 Å². The minimum Gasteiger partial charge on any atom is -0.369 e. The second kappa shape index (κ2) is 7.79. The Kier molecular flexibility index (Phi) is 5.24. The van der Waals surface area contributed by atoms with Crippen molar-refractivity contribution < 1.29 is 0 Å². The fourth-order valence-corrected chi connectivity index (χ4v) is 4.15. The van der Waals surface area contributed by atoms with E-state index in [1.807, 2.05) is 12.1 Å². The molecule has 0 aliphatic carbocycles. The highest BCUT2D eigenvalue weighted by atomic mass is 35.5. The van der Waals surface area contributed by atoms with Crippen LogP contribution in [0.15, 0.2) is 60.7 Å². The predicted molar refractivity (Wildman–Crippen MR) is 114 cm³/mol. The fraction of sp³-hybridized carbons (Fsp3) is 0.304. The molecule has 1 aliphatic heterocycles. The Morgan fingerprint density at radius 3 is 2.15 bits per heavy atom. The van der Waals surface area contributed by atoms with E-state index in [1.54, 1.807) is 0 Å². The molecule has 0 spiro atoms. The maximum atomic E-state index is 6.05. The summed E-state index contributed by atoms with van der Waals surface area (Å²) in [7, 11) is 0. The maximum absolute atomic E-state index is 6.05. The first-order chi connectivity index (χ1) is 13.1. The number of hydrogen-bond donors (Lipinski definition) is 0. The molecule has 3 aromatic rings. The summed E-state index contributed by atoms with van der Waals surface area (Å²) < 4.78 is 2.33. The quantitative estimate of drug-likeness (QED) is 0.627. The minimum atomic E-state index is 0.776. The van der Waals surface area contributed by atoms with Crippen LogP contribution < -0.4 is 4.90 Å². The van der Waals surface area contributed by atoms with Crippen LogP contribution in [0.2, 0.25) is 5.02 Å². The van der Waals surface area contributed by atoms with Crippen LogP contribution >= 0.6 is 11.6 Å². The average Bonchev–Trinajstić information content (AvgIpc) is 2.97. The lowest BCUT2D eigenvalue weighted by molar-refractivity contribution is 0.249. The third-order valence-electron chi connectivity index (χ3n) is 5.51. The molecule has 0 bridgehead atoms. The summed E-state index contributed by atoms with van der Waals surface area (Å²) >= 11 is 6.05. The molecule has 2 aromatic carbocycles. The first-order valence-electron chi connectivity index (χ1n) is 9.58. The maximum Gasteiger partial charge on any atom is 0.0456 e. The van der Waals surface area contributed by atoms with Crippen LogP contribution in [0.1, 0.15) is 17.0 Å². The van der Waals surface area contributed by atoms with Gasteiger partial charge in [0, 0.05) is 60.5 Å². The van der Waals surface area contributed by atoms with Crippen molar-refractivity contribution in [2.45, 2.75) is 20.4 Å². The summed E-state index contributed by atoms with van der Waals surface area (Å²) in [4.78, 5) is 5.04. The van der Waals surface area contributed by atoms with Gasteiger partial charge in [-0.25, -0.2) is 0 Å². The normalized spacial score (nSPS) is 15.3. The van der Waals surface area contributed by atoms with Gasteiger partial charge in [0.25, 0.3) is 0 Å². The van der Waals surface area contributed by atoms with Crippen LogP contribution in [0.3, 0.4) is 0 Å². The van der Waals surface area contributed by atoms with Gasteiger partial charge in [-0.05, 0) is 61.9 Å². The first kappa shape index (κ1) is 18.1. The third-order valence-corrected chi connectivity index (χ3v) is 5.76.